The van der Waals surface area contributed by atoms with E-state index in [9.17, 15) is 0 Å². The largest absolute Gasteiger partial charge is 0.382 e. The predicted molar refractivity (Wildman–Crippen MR) is 140 cm³/mol. The summed E-state index contributed by atoms with van der Waals surface area (Å²) < 4.78 is 6.43. The van der Waals surface area contributed by atoms with Crippen molar-refractivity contribution in [2.75, 3.05) is 5.73 Å². The van der Waals surface area contributed by atoms with Crippen LogP contribution < -0.4 is 5.73 Å². The molecule has 1 heterocycles. The summed E-state index contributed by atoms with van der Waals surface area (Å²) in [6.45, 7) is 11.8. The zero-order chi connectivity index (χ0) is 23.9. The van der Waals surface area contributed by atoms with Gasteiger partial charge < -0.3 is 10.5 Å². The number of benzene rings is 1. The number of ether oxygens (including phenoxy) is 1. The number of aromatic nitrogens is 2. The molecule has 6 rings (SSSR count). The molecule has 184 valence electrons. The Kier molecular flexibility index (Phi) is 5.06. The average Bonchev–Trinajstić information content (AvgIpc) is 3.32. The van der Waals surface area contributed by atoms with Crippen LogP contribution in [0.2, 0.25) is 0 Å². The topological polar surface area (TPSA) is 63.9 Å². The Morgan fingerprint density at radius 3 is 2.68 bits per heavy atom. The molecular formula is C30H43N3O. The first-order valence-electron chi connectivity index (χ1n) is 13.7. The van der Waals surface area contributed by atoms with Crippen molar-refractivity contribution in [1.29, 1.82) is 0 Å². The van der Waals surface area contributed by atoms with E-state index in [1.807, 2.05) is 0 Å². The SMILES string of the molecule is CC(C)(C)O[C@H]1CC[C@@]2(C)C(=CC[C@H]3[C@@H]4CC[C@H](c5ccc6c(N)n[nH]c6c5)[C@@]4(C)CC[C@@H]32)C1. The zero-order valence-electron chi connectivity index (χ0n) is 21.8. The monoisotopic (exact) mass is 461 g/mol. The number of fused-ring (bicyclic) bond motifs is 6. The number of allylic oxidation sites excluding steroid dienone is 1. The van der Waals surface area contributed by atoms with E-state index >= 15 is 0 Å². The summed E-state index contributed by atoms with van der Waals surface area (Å²) in [6.07, 6.45) is 13.4. The molecule has 3 fully saturated rings. The van der Waals surface area contributed by atoms with E-state index in [0.717, 1.165) is 35.1 Å². The van der Waals surface area contributed by atoms with Crippen LogP contribution in [0, 0.1) is 28.6 Å². The number of aromatic amines is 1. The molecule has 1 aromatic heterocycles. The van der Waals surface area contributed by atoms with Crippen LogP contribution in [0.3, 0.4) is 0 Å². The van der Waals surface area contributed by atoms with Gasteiger partial charge in [0.2, 0.25) is 0 Å². The summed E-state index contributed by atoms with van der Waals surface area (Å²) >= 11 is 0. The lowest BCUT2D eigenvalue weighted by molar-refractivity contribution is -0.0922. The minimum Gasteiger partial charge on any atom is -0.382 e. The summed E-state index contributed by atoms with van der Waals surface area (Å²) in [6, 6.07) is 6.84. The van der Waals surface area contributed by atoms with Crippen molar-refractivity contribution >= 4 is 16.7 Å². The Bertz CT molecular complexity index is 1130. The van der Waals surface area contributed by atoms with Gasteiger partial charge in [-0.2, -0.15) is 5.10 Å². The Morgan fingerprint density at radius 1 is 1.06 bits per heavy atom. The van der Waals surface area contributed by atoms with Gasteiger partial charge in [-0.05, 0) is 124 Å². The molecule has 3 N–H and O–H groups in total. The van der Waals surface area contributed by atoms with Gasteiger partial charge in [0.05, 0.1) is 17.2 Å². The molecule has 0 saturated heterocycles. The van der Waals surface area contributed by atoms with Crippen LogP contribution in [0.1, 0.15) is 97.5 Å². The van der Waals surface area contributed by atoms with Crippen molar-refractivity contribution in [3.05, 3.63) is 35.4 Å². The van der Waals surface area contributed by atoms with E-state index in [4.69, 9.17) is 10.5 Å². The third-order valence-electron chi connectivity index (χ3n) is 10.6. The molecule has 4 nitrogen and oxygen atoms in total. The van der Waals surface area contributed by atoms with Crippen molar-refractivity contribution in [3.63, 3.8) is 0 Å². The number of nitrogens with two attached hydrogens (primary N) is 1. The van der Waals surface area contributed by atoms with Gasteiger partial charge in [0.1, 0.15) is 0 Å². The van der Waals surface area contributed by atoms with Crippen LogP contribution in [0.15, 0.2) is 29.8 Å². The quantitative estimate of drug-likeness (QED) is 0.459. The molecule has 1 aromatic carbocycles. The molecule has 4 aliphatic rings. The zero-order valence-corrected chi connectivity index (χ0v) is 21.8. The molecule has 4 heteroatoms. The van der Waals surface area contributed by atoms with Crippen LogP contribution in [0.5, 0.6) is 0 Å². The highest BCUT2D eigenvalue weighted by Crippen LogP contribution is 2.68. The van der Waals surface area contributed by atoms with Crippen molar-refractivity contribution in [2.45, 2.75) is 104 Å². The molecule has 0 bridgehead atoms. The first-order valence-corrected chi connectivity index (χ1v) is 13.7. The number of rotatable bonds is 2. The van der Waals surface area contributed by atoms with Gasteiger partial charge in [-0.3, -0.25) is 5.10 Å². The van der Waals surface area contributed by atoms with Crippen molar-refractivity contribution in [3.8, 4) is 0 Å². The highest BCUT2D eigenvalue weighted by atomic mass is 16.5. The first kappa shape index (κ1) is 22.6. The van der Waals surface area contributed by atoms with Crippen LogP contribution in [-0.2, 0) is 4.74 Å². The third-order valence-corrected chi connectivity index (χ3v) is 10.6. The molecule has 0 amide bonds. The fourth-order valence-corrected chi connectivity index (χ4v) is 9.05. The molecule has 7 atom stereocenters. The number of H-pyrrole nitrogens is 1. The third kappa shape index (κ3) is 3.38. The highest BCUT2D eigenvalue weighted by Gasteiger charge is 2.58. The number of nitrogens with one attached hydrogen (secondary N) is 1. The maximum Gasteiger partial charge on any atom is 0.153 e. The Morgan fingerprint density at radius 2 is 1.88 bits per heavy atom. The van der Waals surface area contributed by atoms with Crippen LogP contribution in [0.25, 0.3) is 10.9 Å². The Labute approximate surface area is 205 Å². The molecule has 4 aliphatic carbocycles. The normalized spacial score (nSPS) is 39.9. The van der Waals surface area contributed by atoms with E-state index < -0.39 is 0 Å². The molecule has 2 aromatic rings. The second-order valence-corrected chi connectivity index (χ2v) is 13.4. The standard InChI is InChI=1S/C30H43N3O/c1-28(2,3)34-20-12-14-29(4)19(17-20)7-9-21-24-11-10-23(30(24,5)15-13-25(21)29)18-6-8-22-26(16-18)32-33-27(22)31/h6-8,16,20-21,23-25H,9-15,17H2,1-5H3,(H3,31,32,33)/t20-,21-,23+,24-,25-,29-,30+/m0/s1. The van der Waals surface area contributed by atoms with Gasteiger partial charge in [-0.25, -0.2) is 0 Å². The summed E-state index contributed by atoms with van der Waals surface area (Å²) in [5.74, 6) is 3.76. The van der Waals surface area contributed by atoms with Gasteiger partial charge in [-0.1, -0.05) is 31.6 Å². The fourth-order valence-electron chi connectivity index (χ4n) is 9.05. The van der Waals surface area contributed by atoms with Gasteiger partial charge in [0.25, 0.3) is 0 Å². The molecular weight excluding hydrogens is 418 g/mol. The van der Waals surface area contributed by atoms with E-state index in [1.165, 1.54) is 50.5 Å². The van der Waals surface area contributed by atoms with Gasteiger partial charge in [0.15, 0.2) is 5.82 Å². The van der Waals surface area contributed by atoms with Gasteiger partial charge >= 0.3 is 0 Å². The average molecular weight is 462 g/mol. The van der Waals surface area contributed by atoms with Crippen molar-refractivity contribution in [1.82, 2.24) is 10.2 Å². The number of hydrogen-bond donors (Lipinski definition) is 2. The van der Waals surface area contributed by atoms with Crippen molar-refractivity contribution in [2.24, 2.45) is 28.6 Å². The summed E-state index contributed by atoms with van der Waals surface area (Å²) in [5, 5.41) is 8.42. The van der Waals surface area contributed by atoms with Crippen LogP contribution >= 0.6 is 0 Å². The first-order chi connectivity index (χ1) is 16.1. The molecule has 0 spiro atoms. The lowest BCUT2D eigenvalue weighted by atomic mass is 9.47. The summed E-state index contributed by atoms with van der Waals surface area (Å²) in [7, 11) is 0. The molecule has 0 radical (unpaired) electrons. The van der Waals surface area contributed by atoms with Crippen LogP contribution in [0.4, 0.5) is 5.82 Å². The lowest BCUT2D eigenvalue weighted by Gasteiger charge is -2.58. The predicted octanol–water partition coefficient (Wildman–Crippen LogP) is 7.38. The van der Waals surface area contributed by atoms with Crippen LogP contribution in [-0.4, -0.2) is 21.9 Å². The number of hydrogen-bond acceptors (Lipinski definition) is 3. The maximum atomic E-state index is 6.43. The number of nitrogens with zero attached hydrogens (tertiary/aromatic N) is 1. The number of anilines is 1. The second-order valence-electron chi connectivity index (χ2n) is 13.4. The molecule has 34 heavy (non-hydrogen) atoms. The highest BCUT2D eigenvalue weighted by molar-refractivity contribution is 5.89. The van der Waals surface area contributed by atoms with E-state index in [1.54, 1.807) is 5.57 Å². The Balaban J connectivity index is 1.26. The minimum atomic E-state index is -0.0490. The Hall–Kier alpha value is -1.81. The molecule has 3 saturated carbocycles. The second kappa shape index (κ2) is 7.59. The minimum absolute atomic E-state index is 0.0490. The number of nitrogen functional groups attached to an aromatic ring is 1. The van der Waals surface area contributed by atoms with Gasteiger partial charge in [-0.15, -0.1) is 0 Å². The smallest absolute Gasteiger partial charge is 0.153 e. The van der Waals surface area contributed by atoms with E-state index in [0.29, 0.717) is 28.7 Å². The summed E-state index contributed by atoms with van der Waals surface area (Å²) in [5.41, 5.74) is 11.1. The lowest BCUT2D eigenvalue weighted by Crippen LogP contribution is -2.50. The molecule has 0 unspecified atom stereocenters. The maximum absolute atomic E-state index is 6.43. The fraction of sp³-hybridized carbons (Fsp3) is 0.700. The summed E-state index contributed by atoms with van der Waals surface area (Å²) in [4.78, 5) is 0. The van der Waals surface area contributed by atoms with Crippen molar-refractivity contribution < 1.29 is 4.74 Å². The van der Waals surface area contributed by atoms with E-state index in [-0.39, 0.29) is 5.60 Å². The molecule has 0 aliphatic heterocycles. The van der Waals surface area contributed by atoms with Gasteiger partial charge in [0, 0.05) is 5.39 Å². The van der Waals surface area contributed by atoms with E-state index in [2.05, 4.69) is 69.1 Å².